The van der Waals surface area contributed by atoms with Gasteiger partial charge in [-0.2, -0.15) is 0 Å². The zero-order chi connectivity index (χ0) is 24.5. The van der Waals surface area contributed by atoms with Gasteiger partial charge in [0.05, 0.1) is 25.5 Å². The summed E-state index contributed by atoms with van der Waals surface area (Å²) in [5.74, 6) is -0.931. The Morgan fingerprint density at radius 2 is 1.76 bits per heavy atom. The highest BCUT2D eigenvalue weighted by Crippen LogP contribution is 2.24. The van der Waals surface area contributed by atoms with E-state index in [4.69, 9.17) is 25.8 Å². The van der Waals surface area contributed by atoms with Crippen LogP contribution in [0.4, 0.5) is 4.39 Å². The van der Waals surface area contributed by atoms with Crippen LogP contribution in [0.3, 0.4) is 0 Å². The van der Waals surface area contributed by atoms with Gasteiger partial charge in [0, 0.05) is 11.1 Å². The van der Waals surface area contributed by atoms with Gasteiger partial charge in [0.1, 0.15) is 23.7 Å². The predicted octanol–water partition coefficient (Wildman–Crippen LogP) is 6.11. The van der Waals surface area contributed by atoms with Crippen LogP contribution in [0.2, 0.25) is 5.02 Å². The largest absolute Gasteiger partial charge is 0.503 e. The zero-order valence-electron chi connectivity index (χ0n) is 18.6. The Hall–Kier alpha value is -3.90. The highest BCUT2D eigenvalue weighted by Gasteiger charge is 2.17. The Morgan fingerprint density at radius 3 is 2.50 bits per heavy atom. The quantitative estimate of drug-likeness (QED) is 0.160. The lowest BCUT2D eigenvalue weighted by Crippen LogP contribution is -2.08. The van der Waals surface area contributed by atoms with E-state index >= 15 is 0 Å². The molecule has 0 aromatic heterocycles. The van der Waals surface area contributed by atoms with Crippen LogP contribution in [0.5, 0.6) is 5.75 Å². The number of hydrogen-bond donors (Lipinski definition) is 0. The Morgan fingerprint density at radius 1 is 1.00 bits per heavy atom. The van der Waals surface area contributed by atoms with Crippen LogP contribution in [-0.4, -0.2) is 26.0 Å². The molecule has 0 aliphatic carbocycles. The van der Waals surface area contributed by atoms with Gasteiger partial charge >= 0.3 is 5.97 Å². The van der Waals surface area contributed by atoms with Gasteiger partial charge in [0.15, 0.2) is 5.78 Å². The highest BCUT2D eigenvalue weighted by molar-refractivity contribution is 6.32. The molecule has 3 aromatic carbocycles. The Kier molecular flexibility index (Phi) is 8.60. The van der Waals surface area contributed by atoms with Gasteiger partial charge in [-0.15, -0.1) is 0 Å². The van der Waals surface area contributed by atoms with Crippen LogP contribution in [0.15, 0.2) is 79.1 Å². The molecule has 0 bridgehead atoms. The summed E-state index contributed by atoms with van der Waals surface area (Å²) in [6, 6.07) is 18.1. The van der Waals surface area contributed by atoms with Crippen LogP contribution in [0.25, 0.3) is 11.6 Å². The second-order valence-electron chi connectivity index (χ2n) is 7.07. The molecule has 0 heterocycles. The van der Waals surface area contributed by atoms with E-state index in [2.05, 4.69) is 0 Å². The number of methoxy groups -OCH3 is 2. The van der Waals surface area contributed by atoms with E-state index in [1.807, 2.05) is 12.1 Å². The molecule has 0 unspecified atom stereocenters. The Balaban J connectivity index is 1.77. The summed E-state index contributed by atoms with van der Waals surface area (Å²) < 4.78 is 29.7. The first-order valence-corrected chi connectivity index (χ1v) is 10.6. The Labute approximate surface area is 202 Å². The third-order valence-corrected chi connectivity index (χ3v) is 5.19. The normalized spacial score (nSPS) is 11.4. The molecule has 0 atom stereocenters. The van der Waals surface area contributed by atoms with E-state index in [9.17, 15) is 14.0 Å². The molecule has 0 saturated heterocycles. The third kappa shape index (κ3) is 6.11. The minimum atomic E-state index is -0.538. The number of halogens is 2. The maximum atomic E-state index is 13.9. The van der Waals surface area contributed by atoms with Gasteiger partial charge < -0.3 is 14.2 Å². The van der Waals surface area contributed by atoms with Crippen molar-refractivity contribution in [1.82, 2.24) is 0 Å². The summed E-state index contributed by atoms with van der Waals surface area (Å²) >= 11 is 6.00. The number of ketones is 1. The van der Waals surface area contributed by atoms with Crippen molar-refractivity contribution in [3.05, 3.63) is 112 Å². The standard InChI is InChI=1S/C27H22ClFO5/c1-32-17-23(27(31)33-2)21-10-4-3-7-19(21)16-34-20-9-5-8-18(15-20)26(30)14-13-22-24(28)11-6-12-25(22)29/h3-15,17H,16H2,1-2H3/b14-13+,23-17+. The lowest BCUT2D eigenvalue weighted by molar-refractivity contribution is -0.133. The molecule has 0 fully saturated rings. The predicted molar refractivity (Wildman–Crippen MR) is 129 cm³/mol. The fourth-order valence-corrected chi connectivity index (χ4v) is 3.41. The number of allylic oxidation sites excluding steroid dienone is 1. The summed E-state index contributed by atoms with van der Waals surface area (Å²) in [6.45, 7) is 0.131. The van der Waals surface area contributed by atoms with Crippen molar-refractivity contribution in [3.63, 3.8) is 0 Å². The average Bonchev–Trinajstić information content (AvgIpc) is 2.85. The van der Waals surface area contributed by atoms with Crippen molar-refractivity contribution in [2.24, 2.45) is 0 Å². The van der Waals surface area contributed by atoms with Crippen molar-refractivity contribution in [3.8, 4) is 5.75 Å². The van der Waals surface area contributed by atoms with Crippen LogP contribution in [-0.2, 0) is 20.9 Å². The lowest BCUT2D eigenvalue weighted by Gasteiger charge is -2.13. The zero-order valence-corrected chi connectivity index (χ0v) is 19.3. The summed E-state index contributed by atoms with van der Waals surface area (Å²) in [5, 5.41) is 0.216. The molecule has 3 rings (SSSR count). The number of carbonyl (C=O) groups excluding carboxylic acids is 2. The first-order valence-electron chi connectivity index (χ1n) is 10.2. The molecule has 0 aliphatic rings. The molecular formula is C27H22ClFO5. The first-order chi connectivity index (χ1) is 16.4. The smallest absolute Gasteiger partial charge is 0.341 e. The number of ether oxygens (including phenoxy) is 3. The number of esters is 1. The van der Waals surface area contributed by atoms with E-state index in [0.29, 0.717) is 16.9 Å². The van der Waals surface area contributed by atoms with Crippen LogP contribution < -0.4 is 4.74 Å². The van der Waals surface area contributed by atoms with Gasteiger partial charge in [-0.1, -0.05) is 54.1 Å². The van der Waals surface area contributed by atoms with Crippen molar-refractivity contribution >= 4 is 35.0 Å². The topological polar surface area (TPSA) is 61.8 Å². The molecule has 0 amide bonds. The van der Waals surface area contributed by atoms with Crippen molar-refractivity contribution in [2.45, 2.75) is 6.61 Å². The molecule has 0 spiro atoms. The van der Waals surface area contributed by atoms with Crippen LogP contribution in [0, 0.1) is 5.82 Å². The van der Waals surface area contributed by atoms with Crippen molar-refractivity contribution in [2.75, 3.05) is 14.2 Å². The molecule has 174 valence electrons. The molecule has 7 heteroatoms. The summed E-state index contributed by atoms with van der Waals surface area (Å²) in [7, 11) is 2.74. The SMILES string of the molecule is CO/C=C(/C(=O)OC)c1ccccc1COc1cccc(C(=O)/C=C/c2c(F)cccc2Cl)c1. The molecular weight excluding hydrogens is 459 g/mol. The summed E-state index contributed by atoms with van der Waals surface area (Å²) in [6.07, 6.45) is 3.93. The number of hydrogen-bond acceptors (Lipinski definition) is 5. The molecule has 0 radical (unpaired) electrons. The number of carbonyl (C=O) groups is 2. The average molecular weight is 481 g/mol. The molecule has 5 nitrogen and oxygen atoms in total. The molecule has 0 saturated carbocycles. The van der Waals surface area contributed by atoms with Crippen LogP contribution in [0.1, 0.15) is 27.0 Å². The lowest BCUT2D eigenvalue weighted by atomic mass is 10.0. The van der Waals surface area contributed by atoms with E-state index < -0.39 is 11.8 Å². The Bertz CT molecular complexity index is 1230. The molecule has 0 N–H and O–H groups in total. The van der Waals surface area contributed by atoms with E-state index in [1.54, 1.807) is 42.5 Å². The van der Waals surface area contributed by atoms with E-state index in [1.165, 1.54) is 44.8 Å². The van der Waals surface area contributed by atoms with Gasteiger partial charge in [0.25, 0.3) is 0 Å². The fraction of sp³-hybridized carbons (Fsp3) is 0.111. The van der Waals surface area contributed by atoms with Crippen molar-refractivity contribution in [1.29, 1.82) is 0 Å². The maximum absolute atomic E-state index is 13.9. The minimum absolute atomic E-state index is 0.131. The second kappa shape index (κ2) is 11.8. The molecule has 3 aromatic rings. The maximum Gasteiger partial charge on any atom is 0.341 e. The monoisotopic (exact) mass is 480 g/mol. The number of rotatable bonds is 9. The first kappa shape index (κ1) is 24.7. The second-order valence-corrected chi connectivity index (χ2v) is 7.47. The van der Waals surface area contributed by atoms with E-state index in [0.717, 1.165) is 5.56 Å². The van der Waals surface area contributed by atoms with Gasteiger partial charge in [-0.05, 0) is 47.5 Å². The van der Waals surface area contributed by atoms with Crippen molar-refractivity contribution < 1.29 is 28.2 Å². The number of benzene rings is 3. The van der Waals surface area contributed by atoms with Crippen LogP contribution >= 0.6 is 11.6 Å². The van der Waals surface area contributed by atoms with Gasteiger partial charge in [0.2, 0.25) is 0 Å². The summed E-state index contributed by atoms with van der Waals surface area (Å²) in [4.78, 5) is 24.8. The fourth-order valence-electron chi connectivity index (χ4n) is 3.18. The minimum Gasteiger partial charge on any atom is -0.503 e. The van der Waals surface area contributed by atoms with Gasteiger partial charge in [-0.25, -0.2) is 9.18 Å². The highest BCUT2D eigenvalue weighted by atomic mass is 35.5. The van der Waals surface area contributed by atoms with E-state index in [-0.39, 0.29) is 28.5 Å². The molecule has 0 aliphatic heterocycles. The van der Waals surface area contributed by atoms with Gasteiger partial charge in [-0.3, -0.25) is 4.79 Å². The third-order valence-electron chi connectivity index (χ3n) is 4.86. The molecule has 34 heavy (non-hydrogen) atoms. The summed E-state index contributed by atoms with van der Waals surface area (Å²) in [5.41, 5.74) is 2.09.